The SMILES string of the molecule is [B]C([B])(O)C1C(C)OC(C)C(=O)N1Cc1ccccc1. The van der Waals surface area contributed by atoms with E-state index < -0.39 is 23.6 Å². The molecule has 4 nitrogen and oxygen atoms in total. The number of ether oxygens (including phenoxy) is 1. The number of aliphatic hydroxyl groups is 1. The molecule has 0 aliphatic carbocycles. The minimum Gasteiger partial charge on any atom is -0.407 e. The van der Waals surface area contributed by atoms with Gasteiger partial charge in [0.15, 0.2) is 0 Å². The molecule has 1 aliphatic rings. The van der Waals surface area contributed by atoms with Gasteiger partial charge in [0.25, 0.3) is 5.91 Å². The predicted molar refractivity (Wildman–Crippen MR) is 77.2 cm³/mol. The van der Waals surface area contributed by atoms with Gasteiger partial charge in [0.2, 0.25) is 0 Å². The first kappa shape index (κ1) is 15.1. The van der Waals surface area contributed by atoms with Crippen molar-refractivity contribution in [1.29, 1.82) is 0 Å². The van der Waals surface area contributed by atoms with Gasteiger partial charge in [-0.1, -0.05) is 30.3 Å². The Morgan fingerprint density at radius 1 is 1.30 bits per heavy atom. The minimum atomic E-state index is -2.01. The van der Waals surface area contributed by atoms with Crippen LogP contribution in [0.4, 0.5) is 0 Å². The van der Waals surface area contributed by atoms with Crippen LogP contribution in [0.3, 0.4) is 0 Å². The molecule has 0 aromatic heterocycles. The molecule has 1 aromatic rings. The lowest BCUT2D eigenvalue weighted by molar-refractivity contribution is -0.176. The van der Waals surface area contributed by atoms with Gasteiger partial charge < -0.3 is 14.7 Å². The predicted octanol–water partition coefficient (Wildman–Crippen LogP) is 0.174. The molecule has 1 amide bonds. The zero-order valence-corrected chi connectivity index (χ0v) is 11.7. The third kappa shape index (κ3) is 3.07. The molecule has 1 aromatic carbocycles. The molecule has 2 rings (SSSR count). The topological polar surface area (TPSA) is 49.8 Å². The molecule has 1 fully saturated rings. The van der Waals surface area contributed by atoms with E-state index in [0.717, 1.165) is 5.56 Å². The quantitative estimate of drug-likeness (QED) is 0.796. The monoisotopic (exact) mass is 269 g/mol. The lowest BCUT2D eigenvalue weighted by Gasteiger charge is -2.48. The molecule has 3 unspecified atom stereocenters. The molecule has 0 saturated carbocycles. The van der Waals surface area contributed by atoms with Crippen molar-refractivity contribution < 1.29 is 14.6 Å². The van der Waals surface area contributed by atoms with Crippen molar-refractivity contribution in [1.82, 2.24) is 4.90 Å². The number of morpholine rings is 1. The van der Waals surface area contributed by atoms with Crippen LogP contribution in [0.1, 0.15) is 19.4 Å². The van der Waals surface area contributed by atoms with Gasteiger partial charge in [-0.25, -0.2) is 0 Å². The smallest absolute Gasteiger partial charge is 0.252 e. The molecule has 3 atom stereocenters. The molecule has 1 N–H and O–H groups in total. The van der Waals surface area contributed by atoms with Crippen molar-refractivity contribution in [2.24, 2.45) is 0 Å². The highest BCUT2D eigenvalue weighted by Crippen LogP contribution is 2.26. The van der Waals surface area contributed by atoms with E-state index in [1.165, 1.54) is 4.90 Å². The molecule has 0 bridgehead atoms. The lowest BCUT2D eigenvalue weighted by atomic mass is 9.59. The van der Waals surface area contributed by atoms with Gasteiger partial charge in [-0.3, -0.25) is 4.79 Å². The zero-order valence-electron chi connectivity index (χ0n) is 11.7. The fourth-order valence-electron chi connectivity index (χ4n) is 2.66. The second kappa shape index (κ2) is 5.62. The summed E-state index contributed by atoms with van der Waals surface area (Å²) in [4.78, 5) is 13.8. The standard InChI is InChI=1S/C14H17B2NO3/c1-9-12(14(15,16)19)17(13(18)10(2)20-9)8-11-6-4-3-5-7-11/h3-7,9-10,12,19H,8H2,1-2H3. The highest BCUT2D eigenvalue weighted by Gasteiger charge is 2.44. The van der Waals surface area contributed by atoms with Crippen molar-refractivity contribution in [3.63, 3.8) is 0 Å². The normalized spacial score (nSPS) is 27.6. The second-order valence-electron chi connectivity index (χ2n) is 5.27. The summed E-state index contributed by atoms with van der Waals surface area (Å²) in [5, 5.41) is 7.94. The Balaban J connectivity index is 2.30. The summed E-state index contributed by atoms with van der Waals surface area (Å²) in [5.41, 5.74) is 0.941. The molecular weight excluding hydrogens is 252 g/mol. The van der Waals surface area contributed by atoms with Crippen LogP contribution in [0.5, 0.6) is 0 Å². The van der Waals surface area contributed by atoms with E-state index in [4.69, 9.17) is 20.4 Å². The summed E-state index contributed by atoms with van der Waals surface area (Å²) in [6.07, 6.45) is -1.03. The van der Waals surface area contributed by atoms with Crippen molar-refractivity contribution in [3.8, 4) is 0 Å². The maximum atomic E-state index is 12.3. The number of carbonyl (C=O) groups excluding carboxylic acids is 1. The van der Waals surface area contributed by atoms with Crippen molar-refractivity contribution in [3.05, 3.63) is 35.9 Å². The first-order valence-corrected chi connectivity index (χ1v) is 6.60. The first-order valence-electron chi connectivity index (χ1n) is 6.60. The molecule has 1 aliphatic heterocycles. The van der Waals surface area contributed by atoms with E-state index in [1.54, 1.807) is 13.8 Å². The van der Waals surface area contributed by atoms with Crippen LogP contribution in [0.25, 0.3) is 0 Å². The van der Waals surface area contributed by atoms with Crippen LogP contribution >= 0.6 is 0 Å². The summed E-state index contributed by atoms with van der Waals surface area (Å²) >= 11 is 0. The molecule has 1 saturated heterocycles. The number of hydrogen-bond acceptors (Lipinski definition) is 3. The molecule has 20 heavy (non-hydrogen) atoms. The Kier molecular flexibility index (Phi) is 4.25. The molecule has 6 heteroatoms. The Morgan fingerprint density at radius 3 is 2.45 bits per heavy atom. The lowest BCUT2D eigenvalue weighted by Crippen LogP contribution is -2.66. The van der Waals surface area contributed by atoms with E-state index in [9.17, 15) is 9.90 Å². The zero-order chi connectivity index (χ0) is 14.9. The molecular formula is C14H17B2NO3. The molecule has 102 valence electrons. The summed E-state index contributed by atoms with van der Waals surface area (Å²) in [7, 11) is 11.2. The summed E-state index contributed by atoms with van der Waals surface area (Å²) in [6, 6.07) is 8.68. The number of nitrogens with zero attached hydrogens (tertiary/aromatic N) is 1. The van der Waals surface area contributed by atoms with Crippen LogP contribution in [0, 0.1) is 0 Å². The molecule has 0 spiro atoms. The number of benzene rings is 1. The average molecular weight is 269 g/mol. The molecule has 1 heterocycles. The Labute approximate surface area is 121 Å². The fourth-order valence-corrected chi connectivity index (χ4v) is 2.66. The molecule has 4 radical (unpaired) electrons. The van der Waals surface area contributed by atoms with Gasteiger partial charge >= 0.3 is 0 Å². The Morgan fingerprint density at radius 2 is 1.90 bits per heavy atom. The van der Waals surface area contributed by atoms with E-state index in [0.29, 0.717) is 6.54 Å². The van der Waals surface area contributed by atoms with Crippen LogP contribution in [0.2, 0.25) is 0 Å². The second-order valence-corrected chi connectivity index (χ2v) is 5.27. The average Bonchev–Trinajstić information content (AvgIpc) is 2.35. The van der Waals surface area contributed by atoms with Crippen molar-refractivity contribution in [2.45, 2.75) is 44.0 Å². The van der Waals surface area contributed by atoms with Crippen LogP contribution in [0.15, 0.2) is 30.3 Å². The van der Waals surface area contributed by atoms with Crippen LogP contribution < -0.4 is 0 Å². The van der Waals surface area contributed by atoms with E-state index in [1.807, 2.05) is 30.3 Å². The minimum absolute atomic E-state index is 0.230. The van der Waals surface area contributed by atoms with Gasteiger partial charge in [-0.2, -0.15) is 0 Å². The number of amides is 1. The largest absolute Gasteiger partial charge is 0.407 e. The van der Waals surface area contributed by atoms with E-state index in [-0.39, 0.29) is 5.91 Å². The maximum absolute atomic E-state index is 12.3. The first-order chi connectivity index (χ1) is 9.30. The highest BCUT2D eigenvalue weighted by atomic mass is 16.5. The number of carbonyl (C=O) groups is 1. The van der Waals surface area contributed by atoms with Gasteiger partial charge in [0.1, 0.15) is 21.8 Å². The Hall–Kier alpha value is -1.26. The van der Waals surface area contributed by atoms with Crippen LogP contribution in [-0.4, -0.2) is 55.3 Å². The number of hydrogen-bond donors (Lipinski definition) is 1. The van der Waals surface area contributed by atoms with Crippen molar-refractivity contribution >= 4 is 21.6 Å². The van der Waals surface area contributed by atoms with Gasteiger partial charge in [-0.15, -0.1) is 0 Å². The maximum Gasteiger partial charge on any atom is 0.252 e. The van der Waals surface area contributed by atoms with E-state index >= 15 is 0 Å². The third-order valence-electron chi connectivity index (χ3n) is 3.50. The highest BCUT2D eigenvalue weighted by molar-refractivity contribution is 6.39. The van der Waals surface area contributed by atoms with Crippen molar-refractivity contribution in [2.75, 3.05) is 0 Å². The van der Waals surface area contributed by atoms with Gasteiger partial charge in [0, 0.05) is 11.9 Å². The fraction of sp³-hybridized carbons (Fsp3) is 0.500. The summed E-state index contributed by atoms with van der Waals surface area (Å²) < 4.78 is 5.49. The van der Waals surface area contributed by atoms with Gasteiger partial charge in [0.05, 0.1) is 12.1 Å². The van der Waals surface area contributed by atoms with Gasteiger partial charge in [-0.05, 0) is 19.4 Å². The van der Waals surface area contributed by atoms with Crippen LogP contribution in [-0.2, 0) is 16.1 Å². The number of rotatable bonds is 3. The summed E-state index contributed by atoms with van der Waals surface area (Å²) in [5.74, 6) is -0.230. The Bertz CT molecular complexity index is 475. The van der Waals surface area contributed by atoms with E-state index in [2.05, 4.69) is 0 Å². The third-order valence-corrected chi connectivity index (χ3v) is 3.50. The summed E-state index contributed by atoms with van der Waals surface area (Å²) in [6.45, 7) is 3.76.